The molecule has 0 saturated carbocycles. The maximum Gasteiger partial charge on any atom is 0.355 e. The molecule has 6 heteroatoms. The Hall–Kier alpha value is -2.47. The van der Waals surface area contributed by atoms with Gasteiger partial charge >= 0.3 is 5.97 Å². The third kappa shape index (κ3) is 4.26. The van der Waals surface area contributed by atoms with Crippen molar-refractivity contribution in [3.63, 3.8) is 0 Å². The van der Waals surface area contributed by atoms with Crippen molar-refractivity contribution in [1.29, 1.82) is 0 Å². The maximum absolute atomic E-state index is 11.7. The minimum Gasteiger partial charge on any atom is -0.461 e. The number of carbonyl (C=O) groups excluding carboxylic acids is 1. The van der Waals surface area contributed by atoms with Crippen LogP contribution in [0, 0.1) is 0 Å². The lowest BCUT2D eigenvalue weighted by Crippen LogP contribution is -2.17. The first kappa shape index (κ1) is 15.9. The molecule has 0 unspecified atom stereocenters. The molecule has 1 heterocycles. The highest BCUT2D eigenvalue weighted by Crippen LogP contribution is 2.02. The van der Waals surface area contributed by atoms with Crippen LogP contribution in [-0.4, -0.2) is 23.4 Å². The summed E-state index contributed by atoms with van der Waals surface area (Å²) in [5.74, 6) is -0.351. The molecule has 0 fully saturated rings. The van der Waals surface area contributed by atoms with Gasteiger partial charge in [-0.15, -0.1) is 16.4 Å². The fourth-order valence-corrected chi connectivity index (χ4v) is 2.51. The Bertz CT molecular complexity index is 742. The largest absolute Gasteiger partial charge is 0.461 e. The Kier molecular flexibility index (Phi) is 5.85. The number of hydrogen-bond donors (Lipinski definition) is 0. The van der Waals surface area contributed by atoms with Crippen molar-refractivity contribution in [2.24, 2.45) is 17.3 Å². The number of thiazole rings is 1. The van der Waals surface area contributed by atoms with E-state index in [1.54, 1.807) is 30.1 Å². The van der Waals surface area contributed by atoms with E-state index in [0.29, 0.717) is 17.1 Å². The van der Waals surface area contributed by atoms with Crippen molar-refractivity contribution in [1.82, 2.24) is 4.57 Å². The molecule has 0 atom stereocenters. The molecule has 0 aliphatic carbocycles. The van der Waals surface area contributed by atoms with Crippen molar-refractivity contribution < 1.29 is 9.53 Å². The maximum atomic E-state index is 11.7. The number of benzene rings is 1. The number of ether oxygens (including phenoxy) is 1. The lowest BCUT2D eigenvalue weighted by atomic mass is 10.2. The van der Waals surface area contributed by atoms with Gasteiger partial charge in [-0.05, 0) is 18.6 Å². The molecule has 2 rings (SSSR count). The minimum atomic E-state index is -0.351. The summed E-state index contributed by atoms with van der Waals surface area (Å²) < 4.78 is 6.64. The summed E-state index contributed by atoms with van der Waals surface area (Å²) in [7, 11) is 1.76. The normalized spacial score (nSPS) is 12.4. The van der Waals surface area contributed by atoms with E-state index in [9.17, 15) is 4.79 Å². The SMILES string of the molecule is CCOC(=O)c1csc(=NN=CC=Cc2ccccc2)n1C. The van der Waals surface area contributed by atoms with Crippen LogP contribution in [0.5, 0.6) is 0 Å². The Labute approximate surface area is 132 Å². The molecule has 0 N–H and O–H groups in total. The Morgan fingerprint density at radius 3 is 2.86 bits per heavy atom. The zero-order valence-corrected chi connectivity index (χ0v) is 13.3. The number of allylic oxidation sites excluding steroid dienone is 1. The number of rotatable bonds is 5. The van der Waals surface area contributed by atoms with Crippen LogP contribution >= 0.6 is 11.3 Å². The van der Waals surface area contributed by atoms with E-state index in [4.69, 9.17) is 4.74 Å². The summed E-state index contributed by atoms with van der Waals surface area (Å²) >= 11 is 1.34. The summed E-state index contributed by atoms with van der Waals surface area (Å²) in [5, 5.41) is 9.79. The monoisotopic (exact) mass is 315 g/mol. The second-order valence-corrected chi connectivity index (χ2v) is 5.15. The van der Waals surface area contributed by atoms with Crippen molar-refractivity contribution in [2.45, 2.75) is 6.92 Å². The van der Waals surface area contributed by atoms with Crippen LogP contribution in [0.25, 0.3) is 6.08 Å². The predicted octanol–water partition coefficient (Wildman–Crippen LogP) is 2.86. The lowest BCUT2D eigenvalue weighted by Gasteiger charge is -2.01. The summed E-state index contributed by atoms with van der Waals surface area (Å²) in [6.45, 7) is 2.13. The molecular formula is C16H17N3O2S. The first-order valence-corrected chi connectivity index (χ1v) is 7.70. The topological polar surface area (TPSA) is 55.9 Å². The molecule has 1 aromatic carbocycles. The average molecular weight is 315 g/mol. The van der Waals surface area contributed by atoms with Crippen molar-refractivity contribution in [3.8, 4) is 0 Å². The highest BCUT2D eigenvalue weighted by molar-refractivity contribution is 7.07. The molecule has 0 bridgehead atoms. The van der Waals surface area contributed by atoms with Gasteiger partial charge in [0, 0.05) is 18.6 Å². The summed E-state index contributed by atoms with van der Waals surface area (Å²) in [5.41, 5.74) is 1.57. The number of aromatic nitrogens is 1. The molecule has 114 valence electrons. The first-order valence-electron chi connectivity index (χ1n) is 6.82. The molecule has 0 amide bonds. The van der Waals surface area contributed by atoms with Gasteiger partial charge in [0.05, 0.1) is 6.61 Å². The van der Waals surface area contributed by atoms with Gasteiger partial charge in [0.2, 0.25) is 4.80 Å². The number of hydrogen-bond acceptors (Lipinski definition) is 5. The van der Waals surface area contributed by atoms with E-state index < -0.39 is 0 Å². The van der Waals surface area contributed by atoms with Gasteiger partial charge in [-0.1, -0.05) is 36.4 Å². The quantitative estimate of drug-likeness (QED) is 0.484. The van der Waals surface area contributed by atoms with Crippen molar-refractivity contribution in [2.75, 3.05) is 6.61 Å². The standard InChI is InChI=1S/C16H17N3O2S/c1-3-21-15(20)14-12-22-16(19(14)2)18-17-11-7-10-13-8-5-4-6-9-13/h4-12H,3H2,1-2H3. The minimum absolute atomic E-state index is 0.351. The van der Waals surface area contributed by atoms with Crippen LogP contribution in [0.15, 0.2) is 52.0 Å². The molecule has 0 spiro atoms. The smallest absolute Gasteiger partial charge is 0.355 e. The molecule has 0 radical (unpaired) electrons. The number of carbonyl (C=O) groups is 1. The van der Waals surface area contributed by atoms with E-state index in [-0.39, 0.29) is 5.97 Å². The zero-order valence-electron chi connectivity index (χ0n) is 12.5. The number of esters is 1. The molecule has 1 aromatic heterocycles. The van der Waals surface area contributed by atoms with E-state index >= 15 is 0 Å². The average Bonchev–Trinajstić information content (AvgIpc) is 2.89. The van der Waals surface area contributed by atoms with Gasteiger partial charge in [0.15, 0.2) is 0 Å². The highest BCUT2D eigenvalue weighted by atomic mass is 32.1. The van der Waals surface area contributed by atoms with E-state index in [1.807, 2.05) is 42.5 Å². The van der Waals surface area contributed by atoms with Crippen LogP contribution in [0.1, 0.15) is 23.0 Å². The van der Waals surface area contributed by atoms with Crippen LogP contribution in [-0.2, 0) is 11.8 Å². The van der Waals surface area contributed by atoms with Crippen LogP contribution in [0.4, 0.5) is 0 Å². The van der Waals surface area contributed by atoms with Gasteiger partial charge in [-0.3, -0.25) is 0 Å². The first-order chi connectivity index (χ1) is 10.7. The molecule has 0 aliphatic rings. The van der Waals surface area contributed by atoms with E-state index in [0.717, 1.165) is 5.56 Å². The van der Waals surface area contributed by atoms with Gasteiger partial charge in [0.1, 0.15) is 5.69 Å². The molecular weight excluding hydrogens is 298 g/mol. The van der Waals surface area contributed by atoms with Gasteiger partial charge < -0.3 is 9.30 Å². The molecule has 0 saturated heterocycles. The van der Waals surface area contributed by atoms with E-state index in [1.165, 1.54) is 11.3 Å². The van der Waals surface area contributed by atoms with E-state index in [2.05, 4.69) is 10.2 Å². The molecule has 0 aliphatic heterocycles. The van der Waals surface area contributed by atoms with Gasteiger partial charge in [-0.2, -0.15) is 5.10 Å². The molecule has 22 heavy (non-hydrogen) atoms. The second-order valence-electron chi connectivity index (χ2n) is 4.32. The van der Waals surface area contributed by atoms with Crippen molar-refractivity contribution >= 4 is 29.6 Å². The third-order valence-corrected chi connectivity index (χ3v) is 3.70. The fourth-order valence-electron chi connectivity index (χ4n) is 1.69. The van der Waals surface area contributed by atoms with Crippen molar-refractivity contribution in [3.05, 3.63) is 57.8 Å². The van der Waals surface area contributed by atoms with Crippen LogP contribution in [0.2, 0.25) is 0 Å². The predicted molar refractivity (Wildman–Crippen MR) is 88.8 cm³/mol. The Morgan fingerprint density at radius 2 is 2.14 bits per heavy atom. The lowest BCUT2D eigenvalue weighted by molar-refractivity contribution is 0.0515. The molecule has 5 nitrogen and oxygen atoms in total. The second kappa shape index (κ2) is 8.09. The van der Waals surface area contributed by atoms with Crippen LogP contribution < -0.4 is 4.80 Å². The van der Waals surface area contributed by atoms with Crippen LogP contribution in [0.3, 0.4) is 0 Å². The highest BCUT2D eigenvalue weighted by Gasteiger charge is 2.11. The zero-order chi connectivity index (χ0) is 15.8. The Morgan fingerprint density at radius 1 is 1.36 bits per heavy atom. The molecule has 2 aromatic rings. The van der Waals surface area contributed by atoms with Gasteiger partial charge in [0.25, 0.3) is 0 Å². The van der Waals surface area contributed by atoms with Gasteiger partial charge in [-0.25, -0.2) is 4.79 Å². The fraction of sp³-hybridized carbons (Fsp3) is 0.188. The third-order valence-electron chi connectivity index (χ3n) is 2.79. The Balaban J connectivity index is 2.06. The summed E-state index contributed by atoms with van der Waals surface area (Å²) in [6, 6.07) is 9.94. The summed E-state index contributed by atoms with van der Waals surface area (Å²) in [4.78, 5) is 12.3. The number of nitrogens with zero attached hydrogens (tertiary/aromatic N) is 3. The summed E-state index contributed by atoms with van der Waals surface area (Å²) in [6.07, 6.45) is 5.37.